The third-order valence-electron chi connectivity index (χ3n) is 5.61. The maximum Gasteiger partial charge on any atom is 0.215 e. The van der Waals surface area contributed by atoms with Crippen molar-refractivity contribution in [2.75, 3.05) is 20.0 Å². The number of sulfonamides is 1. The fraction of sp³-hybridized carbons (Fsp3) is 0.417. The van der Waals surface area contributed by atoms with Gasteiger partial charge in [-0.2, -0.15) is 4.31 Å². The molecule has 1 aliphatic carbocycles. The Hall–Kier alpha value is -2.31. The lowest BCUT2D eigenvalue weighted by Gasteiger charge is -2.25. The van der Waals surface area contributed by atoms with Crippen LogP contribution < -0.4 is 9.47 Å². The molecule has 0 radical (unpaired) electrons. The summed E-state index contributed by atoms with van der Waals surface area (Å²) in [6.07, 6.45) is 4.81. The van der Waals surface area contributed by atoms with Crippen molar-refractivity contribution in [3.8, 4) is 11.5 Å². The smallest absolute Gasteiger partial charge is 0.215 e. The van der Waals surface area contributed by atoms with Crippen LogP contribution in [0.4, 0.5) is 0 Å². The summed E-state index contributed by atoms with van der Waals surface area (Å²) >= 11 is 0. The molecule has 0 bridgehead atoms. The highest BCUT2D eigenvalue weighted by molar-refractivity contribution is 7.89. The number of allylic oxidation sites excluding steroid dienone is 1. The molecule has 0 unspecified atom stereocenters. The van der Waals surface area contributed by atoms with E-state index in [0.717, 1.165) is 41.9 Å². The Bertz CT molecular complexity index is 869. The monoisotopic (exact) mass is 429 g/mol. The van der Waals surface area contributed by atoms with Gasteiger partial charge in [0.15, 0.2) is 0 Å². The van der Waals surface area contributed by atoms with Crippen LogP contribution in [-0.4, -0.2) is 32.7 Å². The molecule has 162 valence electrons. The van der Waals surface area contributed by atoms with Crippen molar-refractivity contribution >= 4 is 10.0 Å². The van der Waals surface area contributed by atoms with Gasteiger partial charge in [-0.3, -0.25) is 0 Å². The molecule has 2 aromatic rings. The van der Waals surface area contributed by atoms with E-state index in [0.29, 0.717) is 19.0 Å². The van der Waals surface area contributed by atoms with E-state index in [1.807, 2.05) is 54.6 Å². The number of benzene rings is 2. The summed E-state index contributed by atoms with van der Waals surface area (Å²) in [5.41, 5.74) is 1.86. The maximum absolute atomic E-state index is 13.4. The van der Waals surface area contributed by atoms with Crippen LogP contribution in [-0.2, 0) is 23.1 Å². The van der Waals surface area contributed by atoms with Crippen molar-refractivity contribution in [3.05, 3.63) is 72.3 Å². The molecule has 3 rings (SSSR count). The molecule has 0 aromatic heterocycles. The zero-order valence-electron chi connectivity index (χ0n) is 17.8. The third kappa shape index (κ3) is 6.09. The first-order chi connectivity index (χ1) is 14.4. The van der Waals surface area contributed by atoms with Gasteiger partial charge < -0.3 is 9.47 Å². The molecular formula is C24H31NO4S. The molecule has 0 saturated heterocycles. The lowest BCUT2D eigenvalue weighted by atomic mass is 10.0. The second kappa shape index (κ2) is 10.1. The van der Waals surface area contributed by atoms with Gasteiger partial charge in [0.05, 0.1) is 20.0 Å². The highest BCUT2D eigenvalue weighted by Gasteiger charge is 2.35. The highest BCUT2D eigenvalue weighted by atomic mass is 32.2. The van der Waals surface area contributed by atoms with Crippen molar-refractivity contribution in [2.24, 2.45) is 11.8 Å². The summed E-state index contributed by atoms with van der Waals surface area (Å²) < 4.78 is 38.9. The van der Waals surface area contributed by atoms with Gasteiger partial charge in [-0.25, -0.2) is 8.42 Å². The normalized spacial score (nSPS) is 15.0. The Morgan fingerprint density at radius 3 is 1.80 bits per heavy atom. The predicted octanol–water partition coefficient (Wildman–Crippen LogP) is 4.64. The molecule has 1 atom stereocenters. The number of nitrogens with zero attached hydrogens (tertiary/aromatic N) is 1. The molecule has 0 spiro atoms. The molecule has 0 heterocycles. The minimum Gasteiger partial charge on any atom is -0.497 e. The molecular weight excluding hydrogens is 398 g/mol. The molecule has 2 aromatic carbocycles. The zero-order chi connectivity index (χ0) is 21.6. The Morgan fingerprint density at radius 2 is 1.43 bits per heavy atom. The number of hydrogen-bond acceptors (Lipinski definition) is 4. The average Bonchev–Trinajstić information content (AvgIpc) is 3.59. The Labute approximate surface area is 180 Å². The van der Waals surface area contributed by atoms with Gasteiger partial charge in [0.25, 0.3) is 0 Å². The van der Waals surface area contributed by atoms with Crippen LogP contribution in [0, 0.1) is 11.8 Å². The van der Waals surface area contributed by atoms with Gasteiger partial charge in [-0.1, -0.05) is 30.3 Å². The molecule has 30 heavy (non-hydrogen) atoms. The molecule has 5 nitrogen and oxygen atoms in total. The fourth-order valence-corrected chi connectivity index (χ4v) is 5.53. The van der Waals surface area contributed by atoms with Crippen molar-refractivity contribution < 1.29 is 17.9 Å². The molecule has 0 amide bonds. The van der Waals surface area contributed by atoms with Gasteiger partial charge in [0, 0.05) is 13.1 Å². The van der Waals surface area contributed by atoms with Crippen molar-refractivity contribution in [1.82, 2.24) is 4.31 Å². The fourth-order valence-electron chi connectivity index (χ4n) is 3.68. The Balaban J connectivity index is 1.82. The minimum absolute atomic E-state index is 0.140. The van der Waals surface area contributed by atoms with Gasteiger partial charge >= 0.3 is 0 Å². The summed E-state index contributed by atoms with van der Waals surface area (Å²) in [6, 6.07) is 15.1. The van der Waals surface area contributed by atoms with Gasteiger partial charge in [-0.05, 0) is 66.5 Å². The van der Waals surface area contributed by atoms with Crippen molar-refractivity contribution in [1.29, 1.82) is 0 Å². The molecule has 1 saturated carbocycles. The molecule has 6 heteroatoms. The quantitative estimate of drug-likeness (QED) is 0.461. The first kappa shape index (κ1) is 22.4. The van der Waals surface area contributed by atoms with Crippen LogP contribution in [0.1, 0.15) is 30.4 Å². The van der Waals surface area contributed by atoms with Crippen LogP contribution in [0.5, 0.6) is 11.5 Å². The SMILES string of the molecule is C=CC[C@H](CS(=O)(=O)N(Cc1ccc(OC)cc1)Cc1ccc(OC)cc1)C1CC1. The van der Waals surface area contributed by atoms with E-state index in [4.69, 9.17) is 9.47 Å². The van der Waals surface area contributed by atoms with Crippen molar-refractivity contribution in [3.63, 3.8) is 0 Å². The van der Waals surface area contributed by atoms with E-state index in [9.17, 15) is 8.42 Å². The number of hydrogen-bond donors (Lipinski definition) is 0. The second-order valence-electron chi connectivity index (χ2n) is 7.86. The Morgan fingerprint density at radius 1 is 0.967 bits per heavy atom. The van der Waals surface area contributed by atoms with E-state index in [1.54, 1.807) is 18.5 Å². The molecule has 1 fully saturated rings. The van der Waals surface area contributed by atoms with Crippen LogP contribution in [0.2, 0.25) is 0 Å². The first-order valence-corrected chi connectivity index (χ1v) is 11.9. The predicted molar refractivity (Wildman–Crippen MR) is 120 cm³/mol. The van der Waals surface area contributed by atoms with E-state index in [1.165, 1.54) is 0 Å². The number of methoxy groups -OCH3 is 2. The van der Waals surface area contributed by atoms with E-state index < -0.39 is 10.0 Å². The average molecular weight is 430 g/mol. The summed E-state index contributed by atoms with van der Waals surface area (Å²) in [6.45, 7) is 4.47. The van der Waals surface area contributed by atoms with E-state index in [-0.39, 0.29) is 11.7 Å². The highest BCUT2D eigenvalue weighted by Crippen LogP contribution is 2.40. The second-order valence-corrected chi connectivity index (χ2v) is 9.88. The van der Waals surface area contributed by atoms with Gasteiger partial charge in [0.2, 0.25) is 10.0 Å². The lowest BCUT2D eigenvalue weighted by Crippen LogP contribution is -2.35. The number of ether oxygens (including phenoxy) is 2. The third-order valence-corrected chi connectivity index (χ3v) is 7.51. The number of rotatable bonds is 12. The lowest BCUT2D eigenvalue weighted by molar-refractivity contribution is 0.387. The van der Waals surface area contributed by atoms with Crippen LogP contribution in [0.15, 0.2) is 61.2 Å². The van der Waals surface area contributed by atoms with E-state index >= 15 is 0 Å². The van der Waals surface area contributed by atoms with Crippen LogP contribution >= 0.6 is 0 Å². The maximum atomic E-state index is 13.4. The zero-order valence-corrected chi connectivity index (χ0v) is 18.6. The van der Waals surface area contributed by atoms with Crippen LogP contribution in [0.3, 0.4) is 0 Å². The standard InChI is InChI=1S/C24H31NO4S/c1-4-5-22(21-10-11-21)18-30(26,27)25(16-19-6-12-23(28-2)13-7-19)17-20-8-14-24(29-3)15-9-20/h4,6-9,12-15,21-22H,1,5,10-11,16-18H2,2-3H3/t22-/m1/s1. The molecule has 0 aliphatic heterocycles. The molecule has 1 aliphatic rings. The Kier molecular flexibility index (Phi) is 7.56. The van der Waals surface area contributed by atoms with Gasteiger partial charge in [-0.15, -0.1) is 6.58 Å². The van der Waals surface area contributed by atoms with Crippen LogP contribution in [0.25, 0.3) is 0 Å². The minimum atomic E-state index is -3.45. The van der Waals surface area contributed by atoms with Crippen molar-refractivity contribution in [2.45, 2.75) is 32.4 Å². The summed E-state index contributed by atoms with van der Waals surface area (Å²) in [4.78, 5) is 0. The summed E-state index contributed by atoms with van der Waals surface area (Å²) in [5, 5.41) is 0. The molecule has 0 N–H and O–H groups in total. The topological polar surface area (TPSA) is 55.8 Å². The summed E-state index contributed by atoms with van der Waals surface area (Å²) in [5.74, 6) is 2.31. The first-order valence-electron chi connectivity index (χ1n) is 10.3. The largest absolute Gasteiger partial charge is 0.497 e. The summed E-state index contributed by atoms with van der Waals surface area (Å²) in [7, 11) is -0.217. The van der Waals surface area contributed by atoms with E-state index in [2.05, 4.69) is 6.58 Å². The van der Waals surface area contributed by atoms with Gasteiger partial charge in [0.1, 0.15) is 11.5 Å².